The lowest BCUT2D eigenvalue weighted by Gasteiger charge is -2.26. The smallest absolute Gasteiger partial charge is 0.328 e. The van der Waals surface area contributed by atoms with Crippen LogP contribution in [0.5, 0.6) is 23.5 Å². The zero-order valence-corrected chi connectivity index (χ0v) is 26.2. The van der Waals surface area contributed by atoms with E-state index in [4.69, 9.17) is 32.7 Å². The molecule has 228 valence electrons. The standard InChI is InChI=1S/C34H26Cl2N8O2/c1-34(2)22-7-15-26(16-8-22)45-32-41-28(35)39-30(43-32)37-24-11-3-20(4-12-24)19-21-5-13-25(14-6-21)38-31-40-29(36)42-33(44-31)46-27-17-9-23(34)10-18-27/h3-18H,19H2,1-2H3,(H,37,39,41,43)(H,38,40,42,44). The van der Waals surface area contributed by atoms with Crippen LogP contribution >= 0.6 is 23.2 Å². The van der Waals surface area contributed by atoms with Crippen molar-refractivity contribution in [1.82, 2.24) is 29.9 Å². The number of hydrogen-bond donors (Lipinski definition) is 2. The summed E-state index contributed by atoms with van der Waals surface area (Å²) in [6, 6.07) is 31.6. The largest absolute Gasteiger partial charge is 0.424 e. The lowest BCUT2D eigenvalue weighted by Crippen LogP contribution is -2.18. The average molecular weight is 650 g/mol. The van der Waals surface area contributed by atoms with Gasteiger partial charge >= 0.3 is 12.0 Å². The number of anilines is 4. The molecule has 9 heterocycles. The Morgan fingerprint density at radius 1 is 0.522 bits per heavy atom. The van der Waals surface area contributed by atoms with Crippen molar-refractivity contribution in [3.63, 3.8) is 0 Å². The van der Waals surface area contributed by atoms with Crippen molar-refractivity contribution < 1.29 is 9.47 Å². The molecule has 12 heteroatoms. The van der Waals surface area contributed by atoms with Gasteiger partial charge in [0.1, 0.15) is 11.5 Å². The molecular weight excluding hydrogens is 623 g/mol. The third kappa shape index (κ3) is 6.68. The molecule has 0 fully saturated rings. The fourth-order valence-corrected chi connectivity index (χ4v) is 5.33. The lowest BCUT2D eigenvalue weighted by molar-refractivity contribution is 0.440. The molecule has 0 amide bonds. The van der Waals surface area contributed by atoms with Gasteiger partial charge in [0.15, 0.2) is 0 Å². The lowest BCUT2D eigenvalue weighted by atomic mass is 9.78. The Kier molecular flexibility index (Phi) is 7.81. The minimum Gasteiger partial charge on any atom is -0.424 e. The minimum atomic E-state index is -0.328. The van der Waals surface area contributed by atoms with Gasteiger partial charge in [0, 0.05) is 16.8 Å². The SMILES string of the molecule is CC1(C)c2ccc(cc2)Oc2nc(Cl)nc(n2)Nc2ccc(cc2)Cc2ccc(cc2)Nc2nc(Cl)nc(n2)Oc2ccc1cc2. The Morgan fingerprint density at radius 2 is 0.913 bits per heavy atom. The van der Waals surface area contributed by atoms with E-state index in [0.29, 0.717) is 11.5 Å². The van der Waals surface area contributed by atoms with E-state index >= 15 is 0 Å². The van der Waals surface area contributed by atoms with Crippen LogP contribution in [0.15, 0.2) is 97.1 Å². The van der Waals surface area contributed by atoms with Crippen molar-refractivity contribution in [3.05, 3.63) is 130 Å². The Bertz CT molecular complexity index is 1860. The molecule has 46 heavy (non-hydrogen) atoms. The van der Waals surface area contributed by atoms with Crippen LogP contribution in [0, 0.1) is 0 Å². The molecule has 2 aromatic heterocycles. The Balaban J connectivity index is 1.23. The Morgan fingerprint density at radius 3 is 1.30 bits per heavy atom. The van der Waals surface area contributed by atoms with E-state index in [9.17, 15) is 0 Å². The Hall–Kier alpha value is -5.32. The first-order valence-corrected chi connectivity index (χ1v) is 15.1. The third-order valence-corrected chi connectivity index (χ3v) is 7.91. The van der Waals surface area contributed by atoms with Crippen molar-refractivity contribution in [2.24, 2.45) is 0 Å². The van der Waals surface area contributed by atoms with Crippen molar-refractivity contribution in [2.75, 3.05) is 10.6 Å². The minimum absolute atomic E-state index is 0.0181. The fraction of sp³-hybridized carbons (Fsp3) is 0.118. The molecule has 4 aromatic carbocycles. The van der Waals surface area contributed by atoms with Gasteiger partial charge in [0.05, 0.1) is 0 Å². The Labute approximate surface area is 274 Å². The molecule has 0 saturated heterocycles. The van der Waals surface area contributed by atoms with Crippen LogP contribution in [0.3, 0.4) is 0 Å². The van der Waals surface area contributed by atoms with E-state index in [1.165, 1.54) is 0 Å². The zero-order chi connectivity index (χ0) is 31.7. The fourth-order valence-electron chi connectivity index (χ4n) is 5.03. The maximum atomic E-state index is 6.22. The van der Waals surface area contributed by atoms with E-state index in [0.717, 1.165) is 40.0 Å². The number of ether oxygens (including phenoxy) is 2. The number of aromatic nitrogens is 6. The molecule has 7 aliphatic heterocycles. The van der Waals surface area contributed by atoms with Crippen molar-refractivity contribution >= 4 is 46.5 Å². The summed E-state index contributed by atoms with van der Waals surface area (Å²) in [5.41, 5.74) is 5.67. The number of rotatable bonds is 0. The van der Waals surface area contributed by atoms with Crippen molar-refractivity contribution in [1.29, 1.82) is 0 Å². The summed E-state index contributed by atoms with van der Waals surface area (Å²) in [4.78, 5) is 25.5. The highest BCUT2D eigenvalue weighted by atomic mass is 35.5. The molecular formula is C34H26Cl2N8O2. The first kappa shape index (κ1) is 29.4. The quantitative estimate of drug-likeness (QED) is 0.165. The summed E-state index contributed by atoms with van der Waals surface area (Å²) in [7, 11) is 0. The number of halogens is 2. The molecule has 0 atom stereocenters. The predicted octanol–water partition coefficient (Wildman–Crippen LogP) is 8.67. The van der Waals surface area contributed by atoms with Gasteiger partial charge in [0.2, 0.25) is 22.5 Å². The van der Waals surface area contributed by atoms with Crippen molar-refractivity contribution in [2.45, 2.75) is 25.7 Å². The molecule has 0 saturated carbocycles. The highest BCUT2D eigenvalue weighted by Gasteiger charge is 2.23. The number of hydrogen-bond acceptors (Lipinski definition) is 10. The van der Waals surface area contributed by atoms with Crippen LogP contribution in [0.1, 0.15) is 36.1 Å². The topological polar surface area (TPSA) is 120 Å². The van der Waals surface area contributed by atoms with Gasteiger partial charge in [-0.05, 0) is 100 Å². The molecule has 0 spiro atoms. The predicted molar refractivity (Wildman–Crippen MR) is 177 cm³/mol. The number of nitrogens with zero attached hydrogens (tertiary/aromatic N) is 6. The van der Waals surface area contributed by atoms with E-state index in [1.54, 1.807) is 0 Å². The van der Waals surface area contributed by atoms with E-state index in [2.05, 4.69) is 54.4 Å². The summed E-state index contributed by atoms with van der Waals surface area (Å²) >= 11 is 12.4. The molecule has 2 N–H and O–H groups in total. The molecule has 7 aliphatic rings. The number of benzene rings is 4. The van der Waals surface area contributed by atoms with Gasteiger partial charge in [-0.1, -0.05) is 62.4 Å². The normalized spacial score (nSPS) is 13.6. The third-order valence-electron chi connectivity index (χ3n) is 7.57. The van der Waals surface area contributed by atoms with E-state index < -0.39 is 0 Å². The van der Waals surface area contributed by atoms with Gasteiger partial charge in [-0.2, -0.15) is 29.9 Å². The molecule has 6 aromatic rings. The molecule has 0 radical (unpaired) electrons. The van der Waals surface area contributed by atoms with Crippen LogP contribution in [0.2, 0.25) is 10.6 Å². The van der Waals surface area contributed by atoms with Crippen LogP contribution in [-0.4, -0.2) is 29.9 Å². The summed E-state index contributed by atoms with van der Waals surface area (Å²) in [5, 5.41) is 6.40. The first-order valence-electron chi connectivity index (χ1n) is 14.4. The van der Waals surface area contributed by atoms with Gasteiger partial charge < -0.3 is 20.1 Å². The summed E-state index contributed by atoms with van der Waals surface area (Å²) in [6.07, 6.45) is 0.737. The zero-order valence-electron chi connectivity index (χ0n) is 24.7. The molecule has 13 rings (SSSR count). The van der Waals surface area contributed by atoms with Crippen LogP contribution in [0.25, 0.3) is 0 Å². The summed E-state index contributed by atoms with van der Waals surface area (Å²) in [5.74, 6) is 1.67. The maximum absolute atomic E-state index is 6.22. The van der Waals surface area contributed by atoms with Gasteiger partial charge in [-0.25, -0.2) is 0 Å². The van der Waals surface area contributed by atoms with Crippen LogP contribution < -0.4 is 20.1 Å². The van der Waals surface area contributed by atoms with Crippen LogP contribution in [0.4, 0.5) is 23.3 Å². The number of nitrogens with one attached hydrogen (secondary N) is 2. The second-order valence-corrected chi connectivity index (χ2v) is 11.8. The van der Waals surface area contributed by atoms with E-state index in [-0.39, 0.29) is 39.9 Å². The summed E-state index contributed by atoms with van der Waals surface area (Å²) < 4.78 is 11.9. The van der Waals surface area contributed by atoms with E-state index in [1.807, 2.05) is 97.1 Å². The highest BCUT2D eigenvalue weighted by molar-refractivity contribution is 6.28. The first-order chi connectivity index (χ1) is 22.2. The monoisotopic (exact) mass is 648 g/mol. The molecule has 0 unspecified atom stereocenters. The average Bonchev–Trinajstić information content (AvgIpc) is 3.03. The summed E-state index contributed by atoms with van der Waals surface area (Å²) in [6.45, 7) is 4.29. The van der Waals surface area contributed by atoms with Gasteiger partial charge in [-0.3, -0.25) is 0 Å². The van der Waals surface area contributed by atoms with Crippen LogP contribution in [-0.2, 0) is 11.8 Å². The van der Waals surface area contributed by atoms with Gasteiger partial charge in [0.25, 0.3) is 0 Å². The maximum Gasteiger partial charge on any atom is 0.328 e. The molecule has 12 bridgehead atoms. The van der Waals surface area contributed by atoms with Crippen molar-refractivity contribution in [3.8, 4) is 23.5 Å². The second-order valence-electron chi connectivity index (χ2n) is 11.1. The highest BCUT2D eigenvalue weighted by Crippen LogP contribution is 2.34. The second kappa shape index (κ2) is 12.2. The molecule has 0 aliphatic carbocycles. The van der Waals surface area contributed by atoms with Gasteiger partial charge in [-0.15, -0.1) is 0 Å². The molecule has 10 nitrogen and oxygen atoms in total.